The van der Waals surface area contributed by atoms with E-state index in [1.807, 2.05) is 41.3 Å². The predicted molar refractivity (Wildman–Crippen MR) is 105 cm³/mol. The van der Waals surface area contributed by atoms with E-state index in [4.69, 9.17) is 9.15 Å². The number of aliphatic hydroxyl groups excluding tert-OH is 1. The van der Waals surface area contributed by atoms with Crippen molar-refractivity contribution in [1.82, 2.24) is 4.90 Å². The second-order valence-electron chi connectivity index (χ2n) is 6.29. The van der Waals surface area contributed by atoms with Gasteiger partial charge in [0.2, 0.25) is 0 Å². The Hall–Kier alpha value is -2.15. The van der Waals surface area contributed by atoms with Gasteiger partial charge in [0.15, 0.2) is 0 Å². The molecule has 3 rings (SSSR count). The van der Waals surface area contributed by atoms with Gasteiger partial charge in [0.05, 0.1) is 12.8 Å². The van der Waals surface area contributed by atoms with E-state index in [1.54, 1.807) is 18.4 Å². The van der Waals surface area contributed by atoms with E-state index in [0.29, 0.717) is 25.4 Å². The van der Waals surface area contributed by atoms with Crippen LogP contribution in [0.1, 0.15) is 11.3 Å². The molecule has 0 radical (unpaired) electrons. The first-order valence-corrected chi connectivity index (χ1v) is 9.43. The molecule has 0 spiro atoms. The smallest absolute Gasteiger partial charge is 0.123 e. The number of hydrogen-bond donors (Lipinski definition) is 1. The Morgan fingerprint density at radius 2 is 1.78 bits per heavy atom. The van der Waals surface area contributed by atoms with Crippen LogP contribution in [0.3, 0.4) is 0 Å². The second kappa shape index (κ2) is 9.69. The summed E-state index contributed by atoms with van der Waals surface area (Å²) in [5.41, 5.74) is 0.962. The van der Waals surface area contributed by atoms with Crippen molar-refractivity contribution in [2.24, 2.45) is 0 Å². The lowest BCUT2D eigenvalue weighted by Gasteiger charge is -2.24. The summed E-state index contributed by atoms with van der Waals surface area (Å²) < 4.78 is 25.2. The van der Waals surface area contributed by atoms with Crippen molar-refractivity contribution >= 4 is 15.9 Å². The highest BCUT2D eigenvalue weighted by Gasteiger charge is 2.15. The van der Waals surface area contributed by atoms with Crippen molar-refractivity contribution in [3.8, 4) is 5.75 Å². The summed E-state index contributed by atoms with van der Waals surface area (Å²) in [4.78, 5) is 2.04. The number of nitrogens with zero attached hydrogens (tertiary/aromatic N) is 1. The normalized spacial score (nSPS) is 12.3. The minimum atomic E-state index is -0.677. The van der Waals surface area contributed by atoms with E-state index in [2.05, 4.69) is 15.9 Å². The summed E-state index contributed by atoms with van der Waals surface area (Å²) >= 11 is 3.38. The van der Waals surface area contributed by atoms with E-state index in [-0.39, 0.29) is 12.4 Å². The fraction of sp³-hybridized carbons (Fsp3) is 0.238. The summed E-state index contributed by atoms with van der Waals surface area (Å²) in [5, 5.41) is 10.4. The van der Waals surface area contributed by atoms with Gasteiger partial charge in [-0.3, -0.25) is 4.90 Å². The van der Waals surface area contributed by atoms with Crippen LogP contribution in [0.5, 0.6) is 5.75 Å². The third kappa shape index (κ3) is 6.50. The van der Waals surface area contributed by atoms with Crippen LogP contribution in [-0.2, 0) is 13.1 Å². The zero-order valence-corrected chi connectivity index (χ0v) is 16.3. The number of halogens is 2. The molecular formula is C21H21BrFNO3. The topological polar surface area (TPSA) is 45.8 Å². The first kappa shape index (κ1) is 19.6. The molecule has 27 heavy (non-hydrogen) atoms. The Kier molecular flexibility index (Phi) is 7.04. The molecule has 1 N–H and O–H groups in total. The average Bonchev–Trinajstić information content (AvgIpc) is 3.16. The maximum Gasteiger partial charge on any atom is 0.123 e. The molecule has 4 nitrogen and oxygen atoms in total. The van der Waals surface area contributed by atoms with Crippen molar-refractivity contribution < 1.29 is 18.7 Å². The largest absolute Gasteiger partial charge is 0.491 e. The van der Waals surface area contributed by atoms with Crippen LogP contribution in [0.15, 0.2) is 75.8 Å². The summed E-state index contributed by atoms with van der Waals surface area (Å²) in [5.74, 6) is 1.24. The Morgan fingerprint density at radius 1 is 1.04 bits per heavy atom. The molecule has 1 atom stereocenters. The standard InChI is InChI=1S/C21H21BrFNO3/c22-17-5-9-20(10-6-17)27-15-19(25)13-24(14-21-2-1-11-26-21)12-16-3-7-18(23)8-4-16/h1-11,19,25H,12-15H2. The van der Waals surface area contributed by atoms with Gasteiger partial charge in [-0.1, -0.05) is 28.1 Å². The van der Waals surface area contributed by atoms with Crippen LogP contribution in [0.4, 0.5) is 4.39 Å². The molecule has 0 aliphatic rings. The average molecular weight is 434 g/mol. The summed E-state index contributed by atoms with van der Waals surface area (Å²) in [6, 6.07) is 17.6. The Balaban J connectivity index is 1.59. The summed E-state index contributed by atoms with van der Waals surface area (Å²) in [6.07, 6.45) is 0.947. The van der Waals surface area contributed by atoms with E-state index in [0.717, 1.165) is 15.8 Å². The molecular weight excluding hydrogens is 413 g/mol. The molecule has 3 aromatic rings. The number of furan rings is 1. The van der Waals surface area contributed by atoms with Crippen LogP contribution in [0, 0.1) is 5.82 Å². The van der Waals surface area contributed by atoms with Crippen LogP contribution in [0.2, 0.25) is 0 Å². The SMILES string of the molecule is OC(COc1ccc(Br)cc1)CN(Cc1ccc(F)cc1)Cc1ccco1. The van der Waals surface area contributed by atoms with Gasteiger partial charge in [0.25, 0.3) is 0 Å². The monoisotopic (exact) mass is 433 g/mol. The molecule has 142 valence electrons. The Bertz CT molecular complexity index is 806. The minimum absolute atomic E-state index is 0.180. The van der Waals surface area contributed by atoms with Gasteiger partial charge in [-0.15, -0.1) is 0 Å². The molecule has 1 unspecified atom stereocenters. The maximum absolute atomic E-state index is 13.1. The van der Waals surface area contributed by atoms with Crippen molar-refractivity contribution in [2.75, 3.05) is 13.2 Å². The predicted octanol–water partition coefficient (Wildman–Crippen LogP) is 4.62. The lowest BCUT2D eigenvalue weighted by Crippen LogP contribution is -2.35. The number of rotatable bonds is 9. The summed E-state index contributed by atoms with van der Waals surface area (Å²) in [7, 11) is 0. The van der Waals surface area contributed by atoms with Gasteiger partial charge in [0.1, 0.15) is 30.0 Å². The van der Waals surface area contributed by atoms with Crippen LogP contribution < -0.4 is 4.74 Å². The molecule has 0 fully saturated rings. The lowest BCUT2D eigenvalue weighted by molar-refractivity contribution is 0.0604. The third-order valence-corrected chi connectivity index (χ3v) is 4.53. The highest BCUT2D eigenvalue weighted by atomic mass is 79.9. The fourth-order valence-electron chi connectivity index (χ4n) is 2.73. The van der Waals surface area contributed by atoms with E-state index < -0.39 is 6.10 Å². The molecule has 0 amide bonds. The van der Waals surface area contributed by atoms with Crippen molar-refractivity contribution in [2.45, 2.75) is 19.2 Å². The molecule has 0 saturated heterocycles. The van der Waals surface area contributed by atoms with E-state index in [1.165, 1.54) is 12.1 Å². The quantitative estimate of drug-likeness (QED) is 0.534. The van der Waals surface area contributed by atoms with E-state index in [9.17, 15) is 9.50 Å². The van der Waals surface area contributed by atoms with Crippen LogP contribution >= 0.6 is 15.9 Å². The molecule has 2 aromatic carbocycles. The van der Waals surface area contributed by atoms with Gasteiger partial charge in [-0.05, 0) is 54.1 Å². The zero-order chi connectivity index (χ0) is 19.1. The Labute approximate surface area is 166 Å². The first-order valence-electron chi connectivity index (χ1n) is 8.64. The minimum Gasteiger partial charge on any atom is -0.491 e. The van der Waals surface area contributed by atoms with Crippen LogP contribution in [0.25, 0.3) is 0 Å². The maximum atomic E-state index is 13.1. The summed E-state index contributed by atoms with van der Waals surface area (Å²) in [6.45, 7) is 1.68. The Morgan fingerprint density at radius 3 is 2.44 bits per heavy atom. The molecule has 0 aliphatic heterocycles. The number of ether oxygens (including phenoxy) is 1. The van der Waals surface area contributed by atoms with Gasteiger partial charge < -0.3 is 14.3 Å². The van der Waals surface area contributed by atoms with Crippen molar-refractivity contribution in [3.63, 3.8) is 0 Å². The molecule has 0 saturated carbocycles. The van der Waals surface area contributed by atoms with Gasteiger partial charge in [-0.2, -0.15) is 0 Å². The number of hydrogen-bond acceptors (Lipinski definition) is 4. The fourth-order valence-corrected chi connectivity index (χ4v) is 2.99. The highest BCUT2D eigenvalue weighted by Crippen LogP contribution is 2.17. The van der Waals surface area contributed by atoms with Gasteiger partial charge in [-0.25, -0.2) is 4.39 Å². The molecule has 0 bridgehead atoms. The number of aliphatic hydroxyl groups is 1. The van der Waals surface area contributed by atoms with Gasteiger partial charge >= 0.3 is 0 Å². The lowest BCUT2D eigenvalue weighted by atomic mass is 10.2. The van der Waals surface area contributed by atoms with Gasteiger partial charge in [0, 0.05) is 17.6 Å². The number of benzene rings is 2. The third-order valence-electron chi connectivity index (χ3n) is 4.00. The van der Waals surface area contributed by atoms with Crippen molar-refractivity contribution in [3.05, 3.63) is 88.5 Å². The van der Waals surface area contributed by atoms with Crippen LogP contribution in [-0.4, -0.2) is 29.3 Å². The molecule has 1 aromatic heterocycles. The molecule has 6 heteroatoms. The molecule has 0 aliphatic carbocycles. The van der Waals surface area contributed by atoms with E-state index >= 15 is 0 Å². The second-order valence-corrected chi connectivity index (χ2v) is 7.21. The van der Waals surface area contributed by atoms with Crippen molar-refractivity contribution in [1.29, 1.82) is 0 Å². The zero-order valence-electron chi connectivity index (χ0n) is 14.7. The molecule has 1 heterocycles. The highest BCUT2D eigenvalue weighted by molar-refractivity contribution is 9.10. The first-order chi connectivity index (χ1) is 13.1.